The van der Waals surface area contributed by atoms with E-state index in [1.807, 2.05) is 7.05 Å². The van der Waals surface area contributed by atoms with Crippen molar-refractivity contribution in [2.24, 2.45) is 0 Å². The van der Waals surface area contributed by atoms with Crippen LogP contribution in [0.2, 0.25) is 0 Å². The van der Waals surface area contributed by atoms with Gasteiger partial charge in [-0.3, -0.25) is 14.5 Å². The van der Waals surface area contributed by atoms with E-state index in [9.17, 15) is 23.1 Å². The van der Waals surface area contributed by atoms with E-state index < -0.39 is 32.4 Å². The van der Waals surface area contributed by atoms with Crippen LogP contribution in [0, 0.1) is 6.92 Å². The molecule has 4 rings (SSSR count). The van der Waals surface area contributed by atoms with Crippen LogP contribution in [0.15, 0.2) is 46.2 Å². The standard InChI is InChI=1S/C21H24N6O5S/c1-14-13-16(28)27-18(22-14)17(33(31,32)15-7-5-4-6-8-15)19(23-27)25(3)20(29)21(30)26-11-9-24(2)10-12-26/h4-8,13,28H,9-12H2,1-3H3. The van der Waals surface area contributed by atoms with Crippen molar-refractivity contribution in [3.63, 3.8) is 0 Å². The SMILES string of the molecule is Cc1cc([O-])n2nc(N(C)C(=O)C(=O)N3CC[NH+](C)CC3)c(S(=O)(=O)c3ccccc3)c2n1. The van der Waals surface area contributed by atoms with Crippen molar-refractivity contribution in [2.75, 3.05) is 45.2 Å². The number of benzene rings is 1. The normalized spacial score (nSPS) is 15.1. The molecule has 0 bridgehead atoms. The van der Waals surface area contributed by atoms with Gasteiger partial charge in [-0.05, 0) is 31.0 Å². The zero-order chi connectivity index (χ0) is 23.9. The first-order valence-corrected chi connectivity index (χ1v) is 11.9. The zero-order valence-corrected chi connectivity index (χ0v) is 19.3. The average molecular weight is 473 g/mol. The first-order valence-electron chi connectivity index (χ1n) is 10.4. The van der Waals surface area contributed by atoms with Crippen LogP contribution in [-0.4, -0.2) is 80.0 Å². The summed E-state index contributed by atoms with van der Waals surface area (Å²) in [4.78, 5) is 33.2. The molecule has 1 aliphatic heterocycles. The first-order chi connectivity index (χ1) is 15.6. The molecule has 11 nitrogen and oxygen atoms in total. The van der Waals surface area contributed by atoms with Gasteiger partial charge in [-0.25, -0.2) is 17.9 Å². The molecule has 0 aliphatic carbocycles. The summed E-state index contributed by atoms with van der Waals surface area (Å²) < 4.78 is 28.0. The smallest absolute Gasteiger partial charge is 0.317 e. The molecule has 12 heteroatoms. The predicted molar refractivity (Wildman–Crippen MR) is 116 cm³/mol. The summed E-state index contributed by atoms with van der Waals surface area (Å²) >= 11 is 0. The Bertz CT molecular complexity index is 1330. The monoisotopic (exact) mass is 472 g/mol. The number of aryl methyl sites for hydroxylation is 1. The molecule has 33 heavy (non-hydrogen) atoms. The van der Waals surface area contributed by atoms with E-state index in [1.165, 1.54) is 35.0 Å². The second kappa shape index (κ2) is 8.45. The van der Waals surface area contributed by atoms with E-state index >= 15 is 0 Å². The summed E-state index contributed by atoms with van der Waals surface area (Å²) in [5.74, 6) is -2.61. The number of sulfone groups is 1. The minimum atomic E-state index is -4.23. The number of fused-ring (bicyclic) bond motifs is 1. The van der Waals surface area contributed by atoms with Gasteiger partial charge in [0.05, 0.1) is 38.1 Å². The Hall–Kier alpha value is -3.51. The Morgan fingerprint density at radius 1 is 1.15 bits per heavy atom. The summed E-state index contributed by atoms with van der Waals surface area (Å²) in [6.45, 7) is 3.79. The van der Waals surface area contributed by atoms with Crippen LogP contribution in [0.25, 0.3) is 5.65 Å². The van der Waals surface area contributed by atoms with Crippen LogP contribution < -0.4 is 14.9 Å². The molecule has 1 N–H and O–H groups in total. The van der Waals surface area contributed by atoms with Crippen molar-refractivity contribution in [3.05, 3.63) is 42.1 Å². The summed E-state index contributed by atoms with van der Waals surface area (Å²) in [5, 5.41) is 16.6. The summed E-state index contributed by atoms with van der Waals surface area (Å²) in [5.41, 5.74) is 0.0996. The number of nitrogens with zero attached hydrogens (tertiary/aromatic N) is 5. The van der Waals surface area contributed by atoms with Crippen LogP contribution in [0.1, 0.15) is 5.69 Å². The fourth-order valence-electron chi connectivity index (χ4n) is 3.72. The number of rotatable bonds is 3. The van der Waals surface area contributed by atoms with E-state index in [1.54, 1.807) is 25.1 Å². The minimum absolute atomic E-state index is 0.0499. The predicted octanol–water partition coefficient (Wildman–Crippen LogP) is -1.74. The molecule has 0 radical (unpaired) electrons. The Balaban J connectivity index is 1.84. The highest BCUT2D eigenvalue weighted by Gasteiger charge is 2.36. The molecule has 2 amide bonds. The highest BCUT2D eigenvalue weighted by atomic mass is 32.2. The molecule has 0 spiro atoms. The number of likely N-dealkylation sites (N-methyl/N-ethyl adjacent to an activating group) is 2. The molecule has 3 aromatic rings. The number of quaternary nitrogens is 1. The summed E-state index contributed by atoms with van der Waals surface area (Å²) in [7, 11) is -0.958. The van der Waals surface area contributed by atoms with Crippen molar-refractivity contribution >= 4 is 33.1 Å². The molecule has 1 fully saturated rings. The van der Waals surface area contributed by atoms with Crippen LogP contribution in [-0.2, 0) is 19.4 Å². The second-order valence-corrected chi connectivity index (χ2v) is 9.94. The molecule has 1 aliphatic rings. The van der Waals surface area contributed by atoms with Crippen molar-refractivity contribution in [1.82, 2.24) is 19.5 Å². The van der Waals surface area contributed by atoms with Gasteiger partial charge >= 0.3 is 11.8 Å². The van der Waals surface area contributed by atoms with Crippen LogP contribution >= 0.6 is 0 Å². The quantitative estimate of drug-likeness (QED) is 0.448. The zero-order valence-electron chi connectivity index (χ0n) is 18.5. The van der Waals surface area contributed by atoms with Crippen molar-refractivity contribution in [2.45, 2.75) is 16.7 Å². The van der Waals surface area contributed by atoms with Gasteiger partial charge in [0.25, 0.3) is 0 Å². The number of piperazine rings is 1. The topological polar surface area (TPSA) is 132 Å². The van der Waals surface area contributed by atoms with Gasteiger partial charge in [0, 0.05) is 12.7 Å². The lowest BCUT2D eigenvalue weighted by Gasteiger charge is -2.30. The van der Waals surface area contributed by atoms with Crippen LogP contribution in [0.3, 0.4) is 0 Å². The Morgan fingerprint density at radius 2 is 1.79 bits per heavy atom. The second-order valence-electron chi connectivity index (χ2n) is 8.05. The molecule has 0 unspecified atom stereocenters. The van der Waals surface area contributed by atoms with E-state index in [-0.39, 0.29) is 16.4 Å². The third-order valence-corrected chi connectivity index (χ3v) is 7.45. The number of hydrogen-bond donors (Lipinski definition) is 1. The van der Waals surface area contributed by atoms with E-state index in [4.69, 9.17) is 0 Å². The van der Waals surface area contributed by atoms with Gasteiger partial charge in [-0.1, -0.05) is 18.2 Å². The molecule has 174 valence electrons. The number of carbonyl (C=O) groups excluding carboxylic acids is 2. The number of aromatic nitrogens is 3. The third kappa shape index (κ3) is 4.02. The third-order valence-electron chi connectivity index (χ3n) is 5.66. The van der Waals surface area contributed by atoms with E-state index in [0.29, 0.717) is 31.9 Å². The summed E-state index contributed by atoms with van der Waals surface area (Å²) in [6, 6.07) is 8.79. The molecular formula is C21H24N6O5S. The van der Waals surface area contributed by atoms with Gasteiger partial charge in [-0.2, -0.15) is 0 Å². The fraction of sp³-hybridized carbons (Fsp3) is 0.333. The lowest BCUT2D eigenvalue weighted by atomic mass is 10.3. The lowest BCUT2D eigenvalue weighted by molar-refractivity contribution is -0.883. The van der Waals surface area contributed by atoms with E-state index in [0.717, 1.165) is 9.42 Å². The molecule has 0 atom stereocenters. The van der Waals surface area contributed by atoms with Crippen molar-refractivity contribution < 1.29 is 28.0 Å². The Kier molecular flexibility index (Phi) is 5.80. The Labute approximate surface area is 190 Å². The van der Waals surface area contributed by atoms with Gasteiger partial charge in [-0.15, -0.1) is 5.10 Å². The van der Waals surface area contributed by atoms with Crippen LogP contribution in [0.4, 0.5) is 5.82 Å². The van der Waals surface area contributed by atoms with E-state index in [2.05, 4.69) is 10.1 Å². The van der Waals surface area contributed by atoms with Gasteiger partial charge in [0.1, 0.15) is 0 Å². The number of carbonyl (C=O) groups is 2. The van der Waals surface area contributed by atoms with Crippen molar-refractivity contribution in [1.29, 1.82) is 0 Å². The molecule has 3 heterocycles. The Morgan fingerprint density at radius 3 is 2.42 bits per heavy atom. The molecule has 1 aromatic carbocycles. The maximum atomic E-state index is 13.6. The van der Waals surface area contributed by atoms with Gasteiger partial charge in [0.15, 0.2) is 16.4 Å². The van der Waals surface area contributed by atoms with Gasteiger partial charge < -0.3 is 14.9 Å². The number of anilines is 1. The maximum Gasteiger partial charge on any atom is 0.317 e. The number of nitrogens with one attached hydrogen (secondary N) is 1. The maximum absolute atomic E-state index is 13.6. The fourth-order valence-corrected chi connectivity index (χ4v) is 5.26. The highest BCUT2D eigenvalue weighted by Crippen LogP contribution is 2.33. The number of hydrogen-bond acceptors (Lipinski definition) is 7. The summed E-state index contributed by atoms with van der Waals surface area (Å²) in [6.07, 6.45) is 0. The number of amides is 2. The largest absolute Gasteiger partial charge is 0.858 e. The molecule has 0 saturated carbocycles. The first kappa shape index (κ1) is 22.7. The minimum Gasteiger partial charge on any atom is -0.858 e. The lowest BCUT2D eigenvalue weighted by Crippen LogP contribution is -3.12. The molecule has 2 aromatic heterocycles. The van der Waals surface area contributed by atoms with Crippen LogP contribution in [0.5, 0.6) is 5.88 Å². The average Bonchev–Trinajstić information content (AvgIpc) is 3.19. The van der Waals surface area contributed by atoms with Gasteiger partial charge in [0.2, 0.25) is 9.84 Å². The molecular weight excluding hydrogens is 448 g/mol. The molecule has 1 saturated heterocycles. The highest BCUT2D eigenvalue weighted by molar-refractivity contribution is 7.91. The van der Waals surface area contributed by atoms with Crippen molar-refractivity contribution in [3.8, 4) is 5.88 Å².